The van der Waals surface area contributed by atoms with Gasteiger partial charge in [-0.05, 0) is 36.4 Å². The van der Waals surface area contributed by atoms with Gasteiger partial charge in [0.2, 0.25) is 5.89 Å². The number of nitrogens with zero attached hydrogens (tertiary/aromatic N) is 1. The molecule has 2 aromatic carbocycles. The van der Waals surface area contributed by atoms with Gasteiger partial charge in [-0.3, -0.25) is 4.79 Å². The van der Waals surface area contributed by atoms with Crippen LogP contribution >= 0.6 is 0 Å². The van der Waals surface area contributed by atoms with Crippen molar-refractivity contribution in [2.45, 2.75) is 19.8 Å². The van der Waals surface area contributed by atoms with E-state index in [-0.39, 0.29) is 5.97 Å². The molecule has 0 spiro atoms. The van der Waals surface area contributed by atoms with Gasteiger partial charge in [-0.25, -0.2) is 4.98 Å². The second-order valence-electron chi connectivity index (χ2n) is 5.41. The number of oxazole rings is 1. The van der Waals surface area contributed by atoms with E-state index in [1.807, 2.05) is 30.3 Å². The minimum absolute atomic E-state index is 0.256. The Morgan fingerprint density at radius 3 is 2.48 bits per heavy atom. The second kappa shape index (κ2) is 8.15. The molecule has 0 fully saturated rings. The first-order valence-electron chi connectivity index (χ1n) is 8.18. The van der Waals surface area contributed by atoms with Gasteiger partial charge in [0.25, 0.3) is 0 Å². The maximum Gasteiger partial charge on any atom is 0.310 e. The zero-order valence-corrected chi connectivity index (χ0v) is 14.0. The van der Waals surface area contributed by atoms with E-state index in [1.165, 1.54) is 0 Å². The molecule has 0 amide bonds. The summed E-state index contributed by atoms with van der Waals surface area (Å²) < 4.78 is 16.3. The SMILES string of the molecule is CCC(=O)Oc1ccc(OCCc2coc(-c3ccccc3)n2)cc1. The third-order valence-corrected chi connectivity index (χ3v) is 3.54. The average Bonchev–Trinajstić information content (AvgIpc) is 3.13. The van der Waals surface area contributed by atoms with Crippen LogP contribution in [0.5, 0.6) is 11.5 Å². The molecule has 0 atom stereocenters. The predicted octanol–water partition coefficient (Wildman–Crippen LogP) is 4.28. The molecule has 0 unspecified atom stereocenters. The van der Waals surface area contributed by atoms with Crippen molar-refractivity contribution in [2.75, 3.05) is 6.61 Å². The van der Waals surface area contributed by atoms with Crippen LogP contribution in [0.1, 0.15) is 19.0 Å². The Bertz CT molecular complexity index is 809. The largest absolute Gasteiger partial charge is 0.493 e. The summed E-state index contributed by atoms with van der Waals surface area (Å²) in [7, 11) is 0. The highest BCUT2D eigenvalue weighted by Gasteiger charge is 2.07. The van der Waals surface area contributed by atoms with Gasteiger partial charge in [-0.1, -0.05) is 25.1 Å². The van der Waals surface area contributed by atoms with E-state index in [2.05, 4.69) is 4.98 Å². The van der Waals surface area contributed by atoms with Crippen LogP contribution < -0.4 is 9.47 Å². The molecule has 3 rings (SSSR count). The number of hydrogen-bond acceptors (Lipinski definition) is 5. The van der Waals surface area contributed by atoms with Crippen molar-refractivity contribution in [2.24, 2.45) is 0 Å². The fourth-order valence-corrected chi connectivity index (χ4v) is 2.22. The smallest absolute Gasteiger partial charge is 0.310 e. The number of rotatable bonds is 7. The summed E-state index contributed by atoms with van der Waals surface area (Å²) in [5, 5.41) is 0. The summed E-state index contributed by atoms with van der Waals surface area (Å²) in [5.74, 6) is 1.58. The minimum Gasteiger partial charge on any atom is -0.493 e. The lowest BCUT2D eigenvalue weighted by Gasteiger charge is -2.06. The number of carbonyl (C=O) groups is 1. The van der Waals surface area contributed by atoms with Crippen molar-refractivity contribution < 1.29 is 18.7 Å². The Kier molecular flexibility index (Phi) is 5.46. The molecule has 0 N–H and O–H groups in total. The van der Waals surface area contributed by atoms with Crippen LogP contribution in [-0.2, 0) is 11.2 Å². The molecule has 0 bridgehead atoms. The number of benzene rings is 2. The number of esters is 1. The zero-order chi connectivity index (χ0) is 17.5. The first kappa shape index (κ1) is 16.8. The van der Waals surface area contributed by atoms with Crippen molar-refractivity contribution >= 4 is 5.97 Å². The van der Waals surface area contributed by atoms with Crippen molar-refractivity contribution in [1.82, 2.24) is 4.98 Å². The Labute approximate surface area is 146 Å². The lowest BCUT2D eigenvalue weighted by atomic mass is 10.2. The zero-order valence-electron chi connectivity index (χ0n) is 14.0. The Morgan fingerprint density at radius 1 is 1.04 bits per heavy atom. The molecule has 1 aromatic heterocycles. The van der Waals surface area contributed by atoms with Gasteiger partial charge in [-0.2, -0.15) is 0 Å². The Balaban J connectivity index is 1.50. The van der Waals surface area contributed by atoms with Gasteiger partial charge >= 0.3 is 5.97 Å². The number of aromatic nitrogens is 1. The third kappa shape index (κ3) is 4.70. The van der Waals surface area contributed by atoms with Crippen molar-refractivity contribution in [3.63, 3.8) is 0 Å². The van der Waals surface area contributed by atoms with Crippen LogP contribution in [0.3, 0.4) is 0 Å². The van der Waals surface area contributed by atoms with E-state index < -0.39 is 0 Å². The van der Waals surface area contributed by atoms with Crippen LogP contribution in [0.25, 0.3) is 11.5 Å². The maximum atomic E-state index is 11.2. The number of carbonyl (C=O) groups excluding carboxylic acids is 1. The van der Waals surface area contributed by atoms with Gasteiger partial charge in [0.1, 0.15) is 17.8 Å². The minimum atomic E-state index is -0.256. The Morgan fingerprint density at radius 2 is 1.76 bits per heavy atom. The molecule has 0 aliphatic heterocycles. The summed E-state index contributed by atoms with van der Waals surface area (Å²) in [4.78, 5) is 15.7. The quantitative estimate of drug-likeness (QED) is 0.476. The summed E-state index contributed by atoms with van der Waals surface area (Å²) in [6.45, 7) is 2.24. The highest BCUT2D eigenvalue weighted by Crippen LogP contribution is 2.20. The van der Waals surface area contributed by atoms with Crippen LogP contribution in [0.4, 0.5) is 0 Å². The molecular weight excluding hydrogens is 318 g/mol. The van der Waals surface area contributed by atoms with E-state index in [1.54, 1.807) is 37.5 Å². The van der Waals surface area contributed by atoms with Crippen LogP contribution in [0, 0.1) is 0 Å². The predicted molar refractivity (Wildman–Crippen MR) is 93.5 cm³/mol. The summed E-state index contributed by atoms with van der Waals surface area (Å²) >= 11 is 0. The first-order valence-corrected chi connectivity index (χ1v) is 8.18. The van der Waals surface area contributed by atoms with Crippen molar-refractivity contribution in [3.8, 4) is 23.0 Å². The number of hydrogen-bond donors (Lipinski definition) is 0. The number of ether oxygens (including phenoxy) is 2. The van der Waals surface area contributed by atoms with E-state index in [0.717, 1.165) is 11.3 Å². The molecule has 5 nitrogen and oxygen atoms in total. The highest BCUT2D eigenvalue weighted by atomic mass is 16.5. The van der Waals surface area contributed by atoms with Gasteiger partial charge in [0, 0.05) is 18.4 Å². The molecule has 3 aromatic rings. The van der Waals surface area contributed by atoms with Gasteiger partial charge < -0.3 is 13.9 Å². The third-order valence-electron chi connectivity index (χ3n) is 3.54. The molecular formula is C20H19NO4. The standard InChI is InChI=1S/C20H19NO4/c1-2-19(22)25-18-10-8-17(9-11-18)23-13-12-16-14-24-20(21-16)15-6-4-3-5-7-15/h3-11,14H,2,12-13H2,1H3. The second-order valence-corrected chi connectivity index (χ2v) is 5.41. The summed E-state index contributed by atoms with van der Waals surface area (Å²) in [6.07, 6.45) is 2.64. The normalized spacial score (nSPS) is 10.4. The van der Waals surface area contributed by atoms with Crippen LogP contribution in [0.2, 0.25) is 0 Å². The van der Waals surface area contributed by atoms with E-state index in [4.69, 9.17) is 13.9 Å². The summed E-state index contributed by atoms with van der Waals surface area (Å²) in [5.41, 5.74) is 1.79. The fourth-order valence-electron chi connectivity index (χ4n) is 2.22. The van der Waals surface area contributed by atoms with E-state index >= 15 is 0 Å². The first-order chi connectivity index (χ1) is 12.2. The van der Waals surface area contributed by atoms with E-state index in [9.17, 15) is 4.79 Å². The molecule has 0 saturated heterocycles. The van der Waals surface area contributed by atoms with Gasteiger partial charge in [0.05, 0.1) is 12.3 Å². The van der Waals surface area contributed by atoms with Gasteiger partial charge in [-0.15, -0.1) is 0 Å². The molecule has 5 heteroatoms. The molecule has 0 aliphatic carbocycles. The van der Waals surface area contributed by atoms with Gasteiger partial charge in [0.15, 0.2) is 0 Å². The van der Waals surface area contributed by atoms with Crippen molar-refractivity contribution in [1.29, 1.82) is 0 Å². The molecule has 128 valence electrons. The molecule has 1 heterocycles. The highest BCUT2D eigenvalue weighted by molar-refractivity contribution is 5.71. The van der Waals surface area contributed by atoms with E-state index in [0.29, 0.717) is 36.8 Å². The fraction of sp³-hybridized carbons (Fsp3) is 0.200. The molecule has 0 aliphatic rings. The average molecular weight is 337 g/mol. The monoisotopic (exact) mass is 337 g/mol. The topological polar surface area (TPSA) is 61.6 Å². The van der Waals surface area contributed by atoms with Crippen molar-refractivity contribution in [3.05, 3.63) is 66.6 Å². The molecule has 25 heavy (non-hydrogen) atoms. The molecule has 0 radical (unpaired) electrons. The lowest BCUT2D eigenvalue weighted by Crippen LogP contribution is -2.05. The van der Waals surface area contributed by atoms with Crippen LogP contribution in [0.15, 0.2) is 65.3 Å². The molecule has 0 saturated carbocycles. The lowest BCUT2D eigenvalue weighted by molar-refractivity contribution is -0.134. The maximum absolute atomic E-state index is 11.2. The Hall–Kier alpha value is -3.08. The van der Waals surface area contributed by atoms with Crippen LogP contribution in [-0.4, -0.2) is 17.6 Å². The summed E-state index contributed by atoms with van der Waals surface area (Å²) in [6, 6.07) is 16.7.